The van der Waals surface area contributed by atoms with Crippen LogP contribution in [0.5, 0.6) is 0 Å². The van der Waals surface area contributed by atoms with Crippen molar-refractivity contribution in [3.05, 3.63) is 169 Å². The summed E-state index contributed by atoms with van der Waals surface area (Å²) in [5.74, 6) is 0.333. The average molecular weight is 712 g/mol. The number of para-hydroxylation sites is 1. The lowest BCUT2D eigenvalue weighted by Gasteiger charge is -2.31. The van der Waals surface area contributed by atoms with E-state index >= 15 is 0 Å². The monoisotopic (exact) mass is 711 g/mol. The van der Waals surface area contributed by atoms with Gasteiger partial charge in [-0.15, -0.1) is 0 Å². The third kappa shape index (κ3) is 4.82. The second kappa shape index (κ2) is 11.7. The van der Waals surface area contributed by atoms with E-state index < -0.39 is 0 Å². The van der Waals surface area contributed by atoms with Gasteiger partial charge in [0.2, 0.25) is 11.4 Å². The Morgan fingerprint density at radius 2 is 1.42 bits per heavy atom. The maximum atomic E-state index is 4.91. The zero-order valence-electron chi connectivity index (χ0n) is 32.1. The molecule has 11 rings (SSSR count). The van der Waals surface area contributed by atoms with Crippen molar-refractivity contribution in [2.24, 2.45) is 0 Å². The van der Waals surface area contributed by atoms with Crippen molar-refractivity contribution < 1.29 is 9.13 Å². The quantitative estimate of drug-likeness (QED) is 0.150. The van der Waals surface area contributed by atoms with Gasteiger partial charge in [0, 0.05) is 56.3 Å². The number of aromatic nitrogens is 3. The van der Waals surface area contributed by atoms with Crippen molar-refractivity contribution in [2.75, 3.05) is 0 Å². The fourth-order valence-corrected chi connectivity index (χ4v) is 10.1. The van der Waals surface area contributed by atoms with E-state index in [0.717, 1.165) is 25.0 Å². The maximum Gasteiger partial charge on any atom is 0.218 e. The highest BCUT2D eigenvalue weighted by Gasteiger charge is 2.42. The topological polar surface area (TPSA) is 12.2 Å². The lowest BCUT2D eigenvalue weighted by molar-refractivity contribution is -0.720. The zero-order chi connectivity index (χ0) is 37.2. The Kier molecular flexibility index (Phi) is 6.90. The first kappa shape index (κ1) is 32.4. The van der Waals surface area contributed by atoms with Crippen molar-refractivity contribution in [1.82, 2.24) is 4.40 Å². The van der Waals surface area contributed by atoms with Crippen molar-refractivity contribution in [3.8, 4) is 33.6 Å². The number of pyridine rings is 2. The molecule has 2 unspecified atom stereocenters. The third-order valence-corrected chi connectivity index (χ3v) is 12.8. The van der Waals surface area contributed by atoms with Gasteiger partial charge in [-0.05, 0) is 96.5 Å². The molecular formula is C52H45N3+2. The van der Waals surface area contributed by atoms with Crippen LogP contribution in [0.4, 0.5) is 0 Å². The van der Waals surface area contributed by atoms with E-state index in [1.807, 2.05) is 0 Å². The van der Waals surface area contributed by atoms with Gasteiger partial charge in [0.15, 0.2) is 24.1 Å². The summed E-state index contributed by atoms with van der Waals surface area (Å²) in [5.41, 5.74) is 18.2. The van der Waals surface area contributed by atoms with Crippen molar-refractivity contribution in [2.45, 2.75) is 64.3 Å². The number of benzene rings is 5. The summed E-state index contributed by atoms with van der Waals surface area (Å²) in [5, 5.41) is 5.30. The van der Waals surface area contributed by atoms with Crippen LogP contribution in [0.1, 0.15) is 67.8 Å². The van der Waals surface area contributed by atoms with Crippen LogP contribution >= 0.6 is 0 Å². The summed E-state index contributed by atoms with van der Waals surface area (Å²) in [6.45, 7) is 14.1. The van der Waals surface area contributed by atoms with Crippen LogP contribution in [0.3, 0.4) is 0 Å². The highest BCUT2D eigenvalue weighted by Crippen LogP contribution is 2.46. The molecule has 9 aromatic rings. The molecule has 6 heterocycles. The fourth-order valence-electron chi connectivity index (χ4n) is 10.1. The van der Waals surface area contributed by atoms with Crippen LogP contribution in [-0.4, -0.2) is 4.40 Å². The second-order valence-corrected chi connectivity index (χ2v) is 17.2. The maximum absolute atomic E-state index is 4.91. The molecular weight excluding hydrogens is 667 g/mol. The molecule has 2 atom stereocenters. The summed E-state index contributed by atoms with van der Waals surface area (Å²) in [7, 11) is 0. The minimum Gasteiger partial charge on any atom is -0.308 e. The highest BCUT2D eigenvalue weighted by molar-refractivity contribution is 6.23. The number of aryl methyl sites for hydroxylation is 2. The average Bonchev–Trinajstić information content (AvgIpc) is 3.71. The number of hydrogen-bond acceptors (Lipinski definition) is 0. The predicted octanol–water partition coefficient (Wildman–Crippen LogP) is 12.2. The van der Waals surface area contributed by atoms with Crippen molar-refractivity contribution in [3.63, 3.8) is 0 Å². The molecule has 4 aromatic heterocycles. The van der Waals surface area contributed by atoms with E-state index in [1.165, 1.54) is 94.0 Å². The molecule has 0 aliphatic carbocycles. The van der Waals surface area contributed by atoms with Crippen LogP contribution in [0.15, 0.2) is 146 Å². The van der Waals surface area contributed by atoms with Gasteiger partial charge in [-0.1, -0.05) is 93.6 Å². The molecule has 2 aliphatic heterocycles. The molecule has 0 spiro atoms. The molecule has 0 bridgehead atoms. The summed E-state index contributed by atoms with van der Waals surface area (Å²) >= 11 is 0. The van der Waals surface area contributed by atoms with Gasteiger partial charge in [-0.3, -0.25) is 0 Å². The zero-order valence-corrected chi connectivity index (χ0v) is 32.1. The highest BCUT2D eigenvalue weighted by atomic mass is 15.0. The molecule has 0 saturated carbocycles. The number of rotatable bonds is 1. The first-order chi connectivity index (χ1) is 26.7. The number of nitrogens with zero attached hydrogens (tertiary/aromatic N) is 3. The smallest absolute Gasteiger partial charge is 0.218 e. The Morgan fingerprint density at radius 1 is 0.655 bits per heavy atom. The second-order valence-electron chi connectivity index (χ2n) is 17.2. The predicted molar refractivity (Wildman–Crippen MR) is 228 cm³/mol. The summed E-state index contributed by atoms with van der Waals surface area (Å²) in [6, 6.07) is 48.4. The minimum absolute atomic E-state index is 0.0812. The number of fused-ring (bicyclic) bond motifs is 15. The molecule has 0 saturated heterocycles. The Balaban J connectivity index is 1.19. The normalized spacial score (nSPS) is 16.9. The van der Waals surface area contributed by atoms with Gasteiger partial charge >= 0.3 is 0 Å². The molecule has 0 fully saturated rings. The van der Waals surface area contributed by atoms with Crippen LogP contribution in [0.2, 0.25) is 0 Å². The molecule has 3 heteroatoms. The van der Waals surface area contributed by atoms with Gasteiger partial charge in [-0.25, -0.2) is 0 Å². The van der Waals surface area contributed by atoms with Gasteiger partial charge < -0.3 is 4.40 Å². The summed E-state index contributed by atoms with van der Waals surface area (Å²) in [4.78, 5) is 0. The lowest BCUT2D eigenvalue weighted by Crippen LogP contribution is -2.49. The van der Waals surface area contributed by atoms with E-state index in [-0.39, 0.29) is 11.5 Å². The van der Waals surface area contributed by atoms with E-state index in [1.54, 1.807) is 0 Å². The SMILES string of the molecule is C=C1CC2C(CCc3cc4c(cc3-c3ccc(-c5ccccc5)c[n+]31)c1cccc3c5cc(C(C)(C)C)ccc5n4c31)c1ccccc1-c1ccc(C)c[n+]12. The first-order valence-corrected chi connectivity index (χ1v) is 19.9. The molecule has 0 N–H and O–H groups in total. The molecule has 0 radical (unpaired) electrons. The Labute approximate surface area is 322 Å². The molecule has 5 aromatic carbocycles. The van der Waals surface area contributed by atoms with E-state index in [0.29, 0.717) is 5.92 Å². The van der Waals surface area contributed by atoms with Gasteiger partial charge in [0.05, 0.1) is 28.5 Å². The Morgan fingerprint density at radius 3 is 2.24 bits per heavy atom. The number of hydrogen-bond donors (Lipinski definition) is 0. The van der Waals surface area contributed by atoms with E-state index in [2.05, 4.69) is 181 Å². The Hall–Kier alpha value is -6.06. The first-order valence-electron chi connectivity index (χ1n) is 19.9. The standard InChI is InChI=1S/C52H45N3/c1-32-18-23-46-39-15-10-9-14-38(39)40-22-19-35-27-50-45(42-17-11-16-41-44-28-37(52(3,4)5)21-25-48(44)55(50)51(41)42)29-43(35)47-24-20-36(34-12-7-6-8-13-34)31-53(47)33(2)26-49(40)54(46)30-32/h6-18,20-21,23-25,27-31,40,49H,2,19,22,26H2,1,3-5H3/q+2. The fraction of sp³-hybridized carbons (Fsp3) is 0.192. The van der Waals surface area contributed by atoms with Gasteiger partial charge in [0.25, 0.3) is 0 Å². The van der Waals surface area contributed by atoms with Crippen LogP contribution in [0, 0.1) is 6.92 Å². The van der Waals surface area contributed by atoms with Crippen molar-refractivity contribution >= 4 is 43.8 Å². The largest absolute Gasteiger partial charge is 0.308 e. The van der Waals surface area contributed by atoms with E-state index in [9.17, 15) is 0 Å². The third-order valence-electron chi connectivity index (χ3n) is 12.8. The minimum atomic E-state index is 0.0812. The van der Waals surface area contributed by atoms with Crippen LogP contribution < -0.4 is 9.13 Å². The van der Waals surface area contributed by atoms with E-state index in [4.69, 9.17) is 6.58 Å². The summed E-state index contributed by atoms with van der Waals surface area (Å²) < 4.78 is 7.55. The Bertz CT molecular complexity index is 3030. The van der Waals surface area contributed by atoms with Crippen molar-refractivity contribution in [1.29, 1.82) is 0 Å². The molecule has 55 heavy (non-hydrogen) atoms. The number of allylic oxidation sites excluding steroid dienone is 1. The van der Waals surface area contributed by atoms with Crippen LogP contribution in [-0.2, 0) is 11.8 Å². The van der Waals surface area contributed by atoms with Crippen LogP contribution in [0.25, 0.3) is 77.4 Å². The summed E-state index contributed by atoms with van der Waals surface area (Å²) in [6.07, 6.45) is 7.58. The molecule has 3 nitrogen and oxygen atoms in total. The lowest BCUT2D eigenvalue weighted by atomic mass is 9.77. The van der Waals surface area contributed by atoms with Gasteiger partial charge in [0.1, 0.15) is 0 Å². The van der Waals surface area contributed by atoms with Gasteiger partial charge in [-0.2, -0.15) is 9.13 Å². The molecule has 0 amide bonds. The molecule has 266 valence electrons. The molecule has 2 aliphatic rings.